The minimum atomic E-state index is 0.785. The van der Waals surface area contributed by atoms with Gasteiger partial charge in [0.05, 0.1) is 24.2 Å². The molecule has 0 fully saturated rings. The van der Waals surface area contributed by atoms with Crippen LogP contribution >= 0.6 is 0 Å². The normalized spacial score (nSPS) is 14.0. The molecule has 0 radical (unpaired) electrons. The van der Waals surface area contributed by atoms with Gasteiger partial charge in [0.25, 0.3) is 0 Å². The molecule has 0 amide bonds. The van der Waals surface area contributed by atoms with E-state index in [1.165, 1.54) is 16.8 Å². The maximum atomic E-state index is 5.57. The van der Waals surface area contributed by atoms with Crippen LogP contribution in [0, 0.1) is 0 Å². The smallest absolute Gasteiger partial charge is 0.117 e. The van der Waals surface area contributed by atoms with Crippen molar-refractivity contribution in [1.29, 1.82) is 0 Å². The van der Waals surface area contributed by atoms with Crippen LogP contribution in [0.25, 0.3) is 16.9 Å². The molecule has 1 aliphatic heterocycles. The van der Waals surface area contributed by atoms with Gasteiger partial charge in [-0.05, 0) is 30.3 Å². The second kappa shape index (κ2) is 6.04. The number of fused-ring (bicyclic) bond motifs is 3. The topological polar surface area (TPSA) is 39.1 Å². The Morgan fingerprint density at radius 1 is 1.04 bits per heavy atom. The highest BCUT2D eigenvalue weighted by Gasteiger charge is 2.25. The van der Waals surface area contributed by atoms with E-state index in [1.54, 1.807) is 6.26 Å². The SMILES string of the molecule is Cn1ccc2c1CN(Cc1ccco1)Cc1cn(-c3ccccc3)nc1-2. The van der Waals surface area contributed by atoms with E-state index >= 15 is 0 Å². The van der Waals surface area contributed by atoms with Crippen molar-refractivity contribution in [3.05, 3.63) is 84.2 Å². The number of hydrogen-bond acceptors (Lipinski definition) is 3. The number of nitrogens with zero attached hydrogens (tertiary/aromatic N) is 4. The third kappa shape index (κ3) is 2.57. The number of aromatic nitrogens is 3. The summed E-state index contributed by atoms with van der Waals surface area (Å²) < 4.78 is 9.75. The van der Waals surface area contributed by atoms with Crippen molar-refractivity contribution >= 4 is 0 Å². The molecule has 4 aromatic rings. The molecule has 130 valence electrons. The second-order valence-corrected chi connectivity index (χ2v) is 6.79. The number of furan rings is 1. The Labute approximate surface area is 152 Å². The first-order chi connectivity index (χ1) is 12.8. The molecular formula is C21H20N4O. The van der Waals surface area contributed by atoms with E-state index in [2.05, 4.69) is 47.1 Å². The lowest BCUT2D eigenvalue weighted by atomic mass is 10.1. The number of benzene rings is 1. The zero-order chi connectivity index (χ0) is 17.5. The van der Waals surface area contributed by atoms with E-state index in [4.69, 9.17) is 9.52 Å². The summed E-state index contributed by atoms with van der Waals surface area (Å²) in [5, 5.41) is 4.92. The number of aryl methyl sites for hydroxylation is 1. The molecule has 26 heavy (non-hydrogen) atoms. The van der Waals surface area contributed by atoms with E-state index in [0.29, 0.717) is 0 Å². The number of rotatable bonds is 3. The predicted octanol–water partition coefficient (Wildman–Crippen LogP) is 3.99. The van der Waals surface area contributed by atoms with Crippen molar-refractivity contribution in [2.24, 2.45) is 7.05 Å². The Balaban J connectivity index is 1.59. The lowest BCUT2D eigenvalue weighted by molar-refractivity contribution is 0.225. The van der Waals surface area contributed by atoms with Crippen LogP contribution in [0.1, 0.15) is 17.0 Å². The standard InChI is InChI=1S/C21H20N4O/c1-23-10-9-19-20(23)15-24(14-18-8-5-11-26-18)12-16-13-25(22-21(16)19)17-6-3-2-4-7-17/h2-11,13H,12,14-15H2,1H3. The van der Waals surface area contributed by atoms with Crippen molar-refractivity contribution in [1.82, 2.24) is 19.2 Å². The molecular weight excluding hydrogens is 324 g/mol. The molecule has 1 aromatic carbocycles. The van der Waals surface area contributed by atoms with Gasteiger partial charge in [-0.15, -0.1) is 0 Å². The molecule has 0 atom stereocenters. The minimum Gasteiger partial charge on any atom is -0.468 e. The first kappa shape index (κ1) is 15.2. The molecule has 1 aliphatic rings. The van der Waals surface area contributed by atoms with Gasteiger partial charge in [-0.1, -0.05) is 18.2 Å². The van der Waals surface area contributed by atoms with Gasteiger partial charge in [-0.25, -0.2) is 4.68 Å². The zero-order valence-electron chi connectivity index (χ0n) is 14.7. The van der Waals surface area contributed by atoms with E-state index in [0.717, 1.165) is 36.8 Å². The molecule has 0 bridgehead atoms. The fourth-order valence-electron chi connectivity index (χ4n) is 3.68. The average molecular weight is 344 g/mol. The summed E-state index contributed by atoms with van der Waals surface area (Å²) in [6.45, 7) is 2.51. The maximum Gasteiger partial charge on any atom is 0.117 e. The van der Waals surface area contributed by atoms with Gasteiger partial charge in [0, 0.05) is 49.4 Å². The largest absolute Gasteiger partial charge is 0.468 e. The summed E-state index contributed by atoms with van der Waals surface area (Å²) in [4.78, 5) is 2.40. The van der Waals surface area contributed by atoms with Crippen LogP contribution in [-0.4, -0.2) is 19.2 Å². The van der Waals surface area contributed by atoms with Gasteiger partial charge < -0.3 is 8.98 Å². The fourth-order valence-corrected chi connectivity index (χ4v) is 3.68. The van der Waals surface area contributed by atoms with Gasteiger partial charge >= 0.3 is 0 Å². The first-order valence-electron chi connectivity index (χ1n) is 8.81. The summed E-state index contributed by atoms with van der Waals surface area (Å²) in [5.41, 5.74) is 5.90. The van der Waals surface area contributed by atoms with Crippen molar-refractivity contribution in [3.63, 3.8) is 0 Å². The van der Waals surface area contributed by atoms with Gasteiger partial charge in [0.15, 0.2) is 0 Å². The minimum absolute atomic E-state index is 0.785. The quantitative estimate of drug-likeness (QED) is 0.564. The van der Waals surface area contributed by atoms with Crippen LogP contribution in [0.15, 0.2) is 71.6 Å². The van der Waals surface area contributed by atoms with Gasteiger partial charge in [0.2, 0.25) is 0 Å². The molecule has 0 saturated carbocycles. The molecule has 0 saturated heterocycles. The molecule has 5 nitrogen and oxygen atoms in total. The Kier molecular flexibility index (Phi) is 3.53. The highest BCUT2D eigenvalue weighted by Crippen LogP contribution is 2.33. The van der Waals surface area contributed by atoms with E-state index in [-0.39, 0.29) is 0 Å². The van der Waals surface area contributed by atoms with Gasteiger partial charge in [-0.2, -0.15) is 5.10 Å². The zero-order valence-corrected chi connectivity index (χ0v) is 14.7. The van der Waals surface area contributed by atoms with Crippen LogP contribution in [0.5, 0.6) is 0 Å². The molecule has 0 aliphatic carbocycles. The van der Waals surface area contributed by atoms with E-state index in [1.807, 2.05) is 35.0 Å². The maximum absolute atomic E-state index is 5.57. The predicted molar refractivity (Wildman–Crippen MR) is 99.6 cm³/mol. The lowest BCUT2D eigenvalue weighted by Crippen LogP contribution is -2.22. The third-order valence-corrected chi connectivity index (χ3v) is 4.99. The number of para-hydroxylation sites is 1. The summed E-state index contributed by atoms with van der Waals surface area (Å²) in [6.07, 6.45) is 6.01. The summed E-state index contributed by atoms with van der Waals surface area (Å²) in [5.74, 6) is 0.986. The fraction of sp³-hybridized carbons (Fsp3) is 0.190. The van der Waals surface area contributed by atoms with Crippen LogP contribution in [-0.2, 0) is 26.7 Å². The van der Waals surface area contributed by atoms with Crippen molar-refractivity contribution in [3.8, 4) is 16.9 Å². The monoisotopic (exact) mass is 344 g/mol. The van der Waals surface area contributed by atoms with E-state index < -0.39 is 0 Å². The Bertz CT molecular complexity index is 1030. The summed E-state index contributed by atoms with van der Waals surface area (Å²) in [7, 11) is 2.10. The van der Waals surface area contributed by atoms with Crippen LogP contribution < -0.4 is 0 Å². The van der Waals surface area contributed by atoms with Crippen LogP contribution in [0.4, 0.5) is 0 Å². The molecule has 4 heterocycles. The first-order valence-corrected chi connectivity index (χ1v) is 8.81. The molecule has 5 rings (SSSR count). The van der Waals surface area contributed by atoms with Crippen molar-refractivity contribution < 1.29 is 4.42 Å². The molecule has 0 N–H and O–H groups in total. The molecule has 5 heteroatoms. The Hall–Kier alpha value is -3.05. The van der Waals surface area contributed by atoms with Crippen molar-refractivity contribution in [2.75, 3.05) is 0 Å². The highest BCUT2D eigenvalue weighted by atomic mass is 16.3. The van der Waals surface area contributed by atoms with Crippen LogP contribution in [0.3, 0.4) is 0 Å². The van der Waals surface area contributed by atoms with Crippen LogP contribution in [0.2, 0.25) is 0 Å². The lowest BCUT2D eigenvalue weighted by Gasteiger charge is -2.19. The Morgan fingerprint density at radius 3 is 2.73 bits per heavy atom. The Morgan fingerprint density at radius 2 is 1.92 bits per heavy atom. The highest BCUT2D eigenvalue weighted by molar-refractivity contribution is 5.67. The third-order valence-electron chi connectivity index (χ3n) is 4.99. The number of hydrogen-bond donors (Lipinski definition) is 0. The van der Waals surface area contributed by atoms with Gasteiger partial charge in [0.1, 0.15) is 5.76 Å². The molecule has 3 aromatic heterocycles. The second-order valence-electron chi connectivity index (χ2n) is 6.79. The van der Waals surface area contributed by atoms with Gasteiger partial charge in [-0.3, -0.25) is 4.90 Å². The average Bonchev–Trinajstić information content (AvgIpc) is 3.37. The van der Waals surface area contributed by atoms with Crippen molar-refractivity contribution in [2.45, 2.75) is 19.6 Å². The van der Waals surface area contributed by atoms with E-state index in [9.17, 15) is 0 Å². The summed E-state index contributed by atoms with van der Waals surface area (Å²) >= 11 is 0. The molecule has 0 spiro atoms. The summed E-state index contributed by atoms with van der Waals surface area (Å²) in [6, 6.07) is 16.4. The molecule has 0 unspecified atom stereocenters.